The van der Waals surface area contributed by atoms with Crippen molar-refractivity contribution >= 4 is 17.2 Å². The summed E-state index contributed by atoms with van der Waals surface area (Å²) in [6.45, 7) is 12.4. The van der Waals surface area contributed by atoms with Crippen molar-refractivity contribution in [1.29, 1.82) is 0 Å². The molecule has 0 aromatic heterocycles. The number of nitrogens with two attached hydrogens (primary N) is 2. The van der Waals surface area contributed by atoms with Crippen molar-refractivity contribution in [2.45, 2.75) is 46.3 Å². The minimum Gasteiger partial charge on any atom is -0.403 e. The minimum atomic E-state index is -0.937. The molecule has 0 saturated heterocycles. The zero-order valence-electron chi connectivity index (χ0n) is 11.4. The quantitative estimate of drug-likeness (QED) is 0.453. The van der Waals surface area contributed by atoms with Gasteiger partial charge in [0.1, 0.15) is 0 Å². The van der Waals surface area contributed by atoms with Gasteiger partial charge in [0.05, 0.1) is 10.6 Å². The van der Waals surface area contributed by atoms with E-state index in [0.717, 1.165) is 0 Å². The smallest absolute Gasteiger partial charge is 0.0985 e. The monoisotopic (exact) mass is 259 g/mol. The van der Waals surface area contributed by atoms with Gasteiger partial charge in [-0.3, -0.25) is 0 Å². The summed E-state index contributed by atoms with van der Waals surface area (Å²) in [5, 5.41) is 12.8. The van der Waals surface area contributed by atoms with Gasteiger partial charge in [0.2, 0.25) is 0 Å². The molecule has 100 valence electrons. The molecular formula is C12H25N3OS. The van der Waals surface area contributed by atoms with E-state index in [0.29, 0.717) is 11.4 Å². The van der Waals surface area contributed by atoms with Crippen LogP contribution in [0.25, 0.3) is 0 Å². The van der Waals surface area contributed by atoms with Gasteiger partial charge >= 0.3 is 0 Å². The molecule has 0 aliphatic carbocycles. The first kappa shape index (κ1) is 18.3. The van der Waals surface area contributed by atoms with Gasteiger partial charge in [0.15, 0.2) is 0 Å². The fraction of sp³-hybridized carbons (Fsp3) is 0.583. The Kier molecular flexibility index (Phi) is 8.70. The Balaban J connectivity index is 0. The third-order valence-electron chi connectivity index (χ3n) is 1.39. The summed E-state index contributed by atoms with van der Waals surface area (Å²) in [6.07, 6.45) is 1.58. The first-order chi connectivity index (χ1) is 7.46. The fourth-order valence-corrected chi connectivity index (χ4v) is 0.966. The van der Waals surface area contributed by atoms with Gasteiger partial charge in [-0.05, 0) is 46.4 Å². The number of rotatable bonds is 4. The summed E-state index contributed by atoms with van der Waals surface area (Å²) in [7, 11) is 0. The second-order valence-corrected chi connectivity index (χ2v) is 5.14. The van der Waals surface area contributed by atoms with E-state index in [4.69, 9.17) is 23.7 Å². The molecule has 0 saturated carbocycles. The first-order valence-electron chi connectivity index (χ1n) is 5.38. The number of nitrogens with one attached hydrogen (secondary N) is 1. The van der Waals surface area contributed by atoms with Crippen LogP contribution in [0.2, 0.25) is 0 Å². The Hall–Kier alpha value is -1.07. The zero-order valence-corrected chi connectivity index (χ0v) is 12.2. The number of hydrogen-bond donors (Lipinski definition) is 4. The van der Waals surface area contributed by atoms with E-state index in [1.54, 1.807) is 26.8 Å². The highest BCUT2D eigenvalue weighted by atomic mass is 32.1. The topological polar surface area (TPSA) is 84.3 Å². The zero-order chi connectivity index (χ0) is 14.2. The van der Waals surface area contributed by atoms with Crippen LogP contribution in [0, 0.1) is 0 Å². The van der Waals surface area contributed by atoms with Gasteiger partial charge in [-0.25, -0.2) is 0 Å². The third-order valence-corrected chi connectivity index (χ3v) is 1.51. The Morgan fingerprint density at radius 1 is 1.41 bits per heavy atom. The van der Waals surface area contributed by atoms with Crippen LogP contribution in [0.15, 0.2) is 24.0 Å². The average molecular weight is 259 g/mol. The fourth-order valence-electron chi connectivity index (χ4n) is 0.848. The maximum absolute atomic E-state index is 9.73. The molecule has 0 aliphatic heterocycles. The normalized spacial score (nSPS) is 11.6. The highest BCUT2D eigenvalue weighted by Crippen LogP contribution is 2.12. The molecule has 0 aromatic carbocycles. The molecule has 0 spiro atoms. The van der Waals surface area contributed by atoms with Crippen molar-refractivity contribution in [3.8, 4) is 0 Å². The second kappa shape index (κ2) is 8.08. The molecule has 0 heterocycles. The van der Waals surface area contributed by atoms with Crippen molar-refractivity contribution in [3.05, 3.63) is 24.0 Å². The Labute approximate surface area is 110 Å². The van der Waals surface area contributed by atoms with E-state index in [2.05, 4.69) is 11.9 Å². The Morgan fingerprint density at radius 2 is 1.76 bits per heavy atom. The summed E-state index contributed by atoms with van der Waals surface area (Å²) >= 11 is 4.74. The molecule has 0 amide bonds. The third kappa shape index (κ3) is 14.9. The van der Waals surface area contributed by atoms with E-state index < -0.39 is 5.60 Å². The largest absolute Gasteiger partial charge is 0.403 e. The highest BCUT2D eigenvalue weighted by molar-refractivity contribution is 7.80. The first-order valence-corrected chi connectivity index (χ1v) is 5.79. The predicted octanol–water partition coefficient (Wildman–Crippen LogP) is 1.40. The lowest BCUT2D eigenvalue weighted by Gasteiger charge is -2.25. The second-order valence-electron chi connectivity index (χ2n) is 4.66. The molecule has 6 N–H and O–H groups in total. The molecular weight excluding hydrogens is 234 g/mol. The number of thiocarbonyl (C=S) groups is 1. The molecule has 0 bridgehead atoms. The van der Waals surface area contributed by atoms with Crippen molar-refractivity contribution in [2.24, 2.45) is 11.5 Å². The van der Waals surface area contributed by atoms with Crippen LogP contribution in [0.1, 0.15) is 34.6 Å². The Bertz CT molecular complexity index is 287. The van der Waals surface area contributed by atoms with Crippen LogP contribution < -0.4 is 16.8 Å². The molecule has 4 nitrogen and oxygen atoms in total. The van der Waals surface area contributed by atoms with Gasteiger partial charge in [-0.1, -0.05) is 18.8 Å². The Morgan fingerprint density at radius 3 is 1.94 bits per heavy atom. The summed E-state index contributed by atoms with van der Waals surface area (Å²) in [6, 6.07) is 0.243. The lowest BCUT2D eigenvalue weighted by molar-refractivity contribution is 0.110. The lowest BCUT2D eigenvalue weighted by atomic mass is 10.0. The molecule has 0 fully saturated rings. The van der Waals surface area contributed by atoms with Crippen LogP contribution in [0.3, 0.4) is 0 Å². The molecule has 0 rings (SSSR count). The van der Waals surface area contributed by atoms with Gasteiger partial charge < -0.3 is 21.9 Å². The molecule has 0 aliphatic rings. The van der Waals surface area contributed by atoms with Gasteiger partial charge in [0.25, 0.3) is 0 Å². The number of hydrogen-bond acceptors (Lipinski definition) is 4. The maximum Gasteiger partial charge on any atom is 0.0985 e. The summed E-state index contributed by atoms with van der Waals surface area (Å²) in [4.78, 5) is 0.269. The van der Waals surface area contributed by atoms with E-state index in [1.807, 2.05) is 13.8 Å². The maximum atomic E-state index is 9.73. The van der Waals surface area contributed by atoms with Crippen molar-refractivity contribution in [3.63, 3.8) is 0 Å². The number of allylic oxidation sites excluding steroid dienone is 1. The predicted molar refractivity (Wildman–Crippen MR) is 78.4 cm³/mol. The van der Waals surface area contributed by atoms with Gasteiger partial charge in [0, 0.05) is 11.7 Å². The molecule has 5 heteroatoms. The van der Waals surface area contributed by atoms with Crippen LogP contribution in [-0.2, 0) is 0 Å². The molecule has 0 aromatic rings. The van der Waals surface area contributed by atoms with Crippen LogP contribution in [-0.4, -0.2) is 21.7 Å². The average Bonchev–Trinajstić information content (AvgIpc) is 1.97. The van der Waals surface area contributed by atoms with Crippen molar-refractivity contribution < 1.29 is 5.11 Å². The molecule has 17 heavy (non-hydrogen) atoms. The van der Waals surface area contributed by atoms with E-state index in [-0.39, 0.29) is 11.0 Å². The molecule has 0 unspecified atom stereocenters. The van der Waals surface area contributed by atoms with E-state index in [9.17, 15) is 5.11 Å². The van der Waals surface area contributed by atoms with E-state index >= 15 is 0 Å². The summed E-state index contributed by atoms with van der Waals surface area (Å²) in [5.74, 6) is 0. The summed E-state index contributed by atoms with van der Waals surface area (Å²) < 4.78 is 0. The van der Waals surface area contributed by atoms with Crippen molar-refractivity contribution in [1.82, 2.24) is 5.32 Å². The number of aliphatic hydroxyl groups is 1. The van der Waals surface area contributed by atoms with Crippen LogP contribution >= 0.6 is 12.2 Å². The van der Waals surface area contributed by atoms with Crippen molar-refractivity contribution in [2.75, 3.05) is 0 Å². The SMILES string of the molecule is C=C(C)N.CC(C)N/C(=C\C(N)=S)C(C)(C)O. The molecule has 0 atom stereocenters. The standard InChI is InChI=1S/C9H18N2OS.C3H7N/c1-6(2)11-7(5-8(10)13)9(3,4)12;1-3(2)4/h5-6,11-12H,1-4H3,(H2,10,13);1,4H2,2H3/b7-5-;. The minimum absolute atomic E-state index is 0.243. The van der Waals surface area contributed by atoms with Gasteiger partial charge in [-0.15, -0.1) is 0 Å². The van der Waals surface area contributed by atoms with Crippen LogP contribution in [0.5, 0.6) is 0 Å². The highest BCUT2D eigenvalue weighted by Gasteiger charge is 2.19. The lowest BCUT2D eigenvalue weighted by Crippen LogP contribution is -2.36. The van der Waals surface area contributed by atoms with E-state index in [1.165, 1.54) is 0 Å². The van der Waals surface area contributed by atoms with Crippen LogP contribution in [0.4, 0.5) is 0 Å². The molecule has 0 radical (unpaired) electrons. The summed E-state index contributed by atoms with van der Waals surface area (Å²) in [5.41, 5.74) is 10.7. The van der Waals surface area contributed by atoms with Gasteiger partial charge in [-0.2, -0.15) is 0 Å².